The van der Waals surface area contributed by atoms with Crippen LogP contribution >= 0.6 is 0 Å². The zero-order valence-corrected chi connectivity index (χ0v) is 8.30. The van der Waals surface area contributed by atoms with E-state index in [0.717, 1.165) is 19.6 Å². The van der Waals surface area contributed by atoms with Crippen molar-refractivity contribution in [2.45, 2.75) is 19.9 Å². The summed E-state index contributed by atoms with van der Waals surface area (Å²) in [6.07, 6.45) is 0. The molecule has 0 aromatic rings. The van der Waals surface area contributed by atoms with Gasteiger partial charge in [-0.05, 0) is 13.8 Å². The maximum absolute atomic E-state index is 9.60. The predicted octanol–water partition coefficient (Wildman–Crippen LogP) is -0.121. The minimum atomic E-state index is -0.711. The molecule has 13 heavy (non-hydrogen) atoms. The molecule has 1 unspecified atom stereocenters. The van der Waals surface area contributed by atoms with Gasteiger partial charge in [-0.15, -0.1) is 0 Å². The van der Waals surface area contributed by atoms with Crippen LogP contribution in [0, 0.1) is 0 Å². The number of carbonyl (C=O) groups excluding carboxylic acids is 1. The second kappa shape index (κ2) is 8.07. The Hall–Kier alpha value is -0.545. The second-order valence-corrected chi connectivity index (χ2v) is 2.81. The molecule has 1 rings (SSSR count). The van der Waals surface area contributed by atoms with Gasteiger partial charge >= 0.3 is 0 Å². The molecule has 1 fully saturated rings. The van der Waals surface area contributed by atoms with Gasteiger partial charge in [-0.1, -0.05) is 0 Å². The van der Waals surface area contributed by atoms with Gasteiger partial charge in [0.25, 0.3) is 0 Å². The summed E-state index contributed by atoms with van der Waals surface area (Å²) in [5.41, 5.74) is 0. The van der Waals surface area contributed by atoms with E-state index in [0.29, 0.717) is 12.6 Å². The number of rotatable bonds is 1. The van der Waals surface area contributed by atoms with Crippen LogP contribution in [0.5, 0.6) is 0 Å². The van der Waals surface area contributed by atoms with Crippen LogP contribution in [0.15, 0.2) is 0 Å². The molecule has 0 saturated carbocycles. The number of nitrogens with one attached hydrogen (secondary N) is 2. The molecule has 74 valence electrons. The van der Waals surface area contributed by atoms with E-state index in [1.54, 1.807) is 6.92 Å². The first kappa shape index (κ1) is 12.5. The van der Waals surface area contributed by atoms with Gasteiger partial charge in [0.1, 0.15) is 0 Å². The van der Waals surface area contributed by atoms with Crippen molar-refractivity contribution in [2.24, 2.45) is 0 Å². The van der Waals surface area contributed by atoms with Crippen LogP contribution in [0.1, 0.15) is 13.8 Å². The first-order chi connectivity index (χ1) is 6.16. The van der Waals surface area contributed by atoms with Crippen LogP contribution < -0.4 is 10.6 Å². The van der Waals surface area contributed by atoms with Crippen LogP contribution in [0.4, 0.5) is 4.79 Å². The van der Waals surface area contributed by atoms with Crippen molar-refractivity contribution < 1.29 is 9.53 Å². The lowest BCUT2D eigenvalue weighted by Gasteiger charge is -2.19. The van der Waals surface area contributed by atoms with Gasteiger partial charge in [0.05, 0.1) is 6.61 Å². The highest BCUT2D eigenvalue weighted by Crippen LogP contribution is 1.80. The molecule has 1 aliphatic rings. The fourth-order valence-electron chi connectivity index (χ4n) is 0.940. The summed E-state index contributed by atoms with van der Waals surface area (Å²) in [5.74, 6) is -0.711. The van der Waals surface area contributed by atoms with Gasteiger partial charge in [0.2, 0.25) is 13.7 Å². The van der Waals surface area contributed by atoms with E-state index in [-0.39, 0.29) is 0 Å². The van der Waals surface area contributed by atoms with Crippen LogP contribution in [-0.4, -0.2) is 46.0 Å². The highest BCUT2D eigenvalue weighted by Gasteiger charge is 2.03. The Balaban J connectivity index is 0.000000226. The summed E-state index contributed by atoms with van der Waals surface area (Å²) in [4.78, 5) is 9.60. The molecule has 0 bridgehead atoms. The minimum Gasteiger partial charge on any atom is -0.475 e. The SMILES string of the molecule is CC1CNCCN1.[B]C(=O)OCC. The Morgan fingerprint density at radius 2 is 2.31 bits per heavy atom. The van der Waals surface area contributed by atoms with E-state index in [4.69, 9.17) is 0 Å². The van der Waals surface area contributed by atoms with E-state index in [1.807, 2.05) is 0 Å². The lowest BCUT2D eigenvalue weighted by atomic mass is 10.2. The third-order valence-electron chi connectivity index (χ3n) is 1.53. The van der Waals surface area contributed by atoms with Crippen molar-refractivity contribution in [3.63, 3.8) is 0 Å². The highest BCUT2D eigenvalue weighted by molar-refractivity contribution is 6.55. The molecular weight excluding hydrogens is 167 g/mol. The number of hydrogen-bond acceptors (Lipinski definition) is 4. The van der Waals surface area contributed by atoms with E-state index in [2.05, 4.69) is 30.1 Å². The average molecular weight is 184 g/mol. The molecule has 0 aromatic carbocycles. The fraction of sp³-hybridized carbons (Fsp3) is 0.875. The normalized spacial score (nSPS) is 21.2. The van der Waals surface area contributed by atoms with Crippen molar-refractivity contribution in [3.05, 3.63) is 0 Å². The Morgan fingerprint density at radius 3 is 2.46 bits per heavy atom. The van der Waals surface area contributed by atoms with Crippen LogP contribution in [0.2, 0.25) is 0 Å². The molecule has 1 aliphatic heterocycles. The summed E-state index contributed by atoms with van der Waals surface area (Å²) in [7, 11) is 4.54. The molecule has 2 radical (unpaired) electrons. The molecule has 1 heterocycles. The fourth-order valence-corrected chi connectivity index (χ4v) is 0.940. The van der Waals surface area contributed by atoms with Crippen LogP contribution in [0.25, 0.3) is 0 Å². The molecule has 0 aromatic heterocycles. The standard InChI is InChI=1S/C5H12N2.C3H5BO2/c1-5-4-6-2-3-7-5;1-2-6-3(4)5/h5-7H,2-4H2,1H3;2H2,1H3. The number of hydrogen-bond donors (Lipinski definition) is 2. The number of piperazine rings is 1. The summed E-state index contributed by atoms with van der Waals surface area (Å²) < 4.78 is 4.18. The van der Waals surface area contributed by atoms with E-state index in [9.17, 15) is 4.79 Å². The zero-order chi connectivity index (χ0) is 10.1. The van der Waals surface area contributed by atoms with E-state index in [1.165, 1.54) is 0 Å². The van der Waals surface area contributed by atoms with Gasteiger partial charge in [-0.25, -0.2) is 0 Å². The molecule has 1 atom stereocenters. The van der Waals surface area contributed by atoms with Crippen molar-refractivity contribution >= 4 is 13.7 Å². The zero-order valence-electron chi connectivity index (χ0n) is 8.30. The Morgan fingerprint density at radius 1 is 1.62 bits per heavy atom. The van der Waals surface area contributed by atoms with Crippen LogP contribution in [0.3, 0.4) is 0 Å². The molecule has 4 nitrogen and oxygen atoms in total. The summed E-state index contributed by atoms with van der Waals surface area (Å²) in [5, 5.41) is 6.59. The molecule has 5 heteroatoms. The smallest absolute Gasteiger partial charge is 0.235 e. The number of carbonyl (C=O) groups is 1. The monoisotopic (exact) mass is 184 g/mol. The first-order valence-corrected chi connectivity index (χ1v) is 4.53. The highest BCUT2D eigenvalue weighted by atomic mass is 16.5. The molecular formula is C8H17BN2O2. The van der Waals surface area contributed by atoms with E-state index >= 15 is 0 Å². The van der Waals surface area contributed by atoms with Gasteiger partial charge in [0, 0.05) is 25.7 Å². The Labute approximate surface area is 80.8 Å². The van der Waals surface area contributed by atoms with Crippen molar-refractivity contribution in [2.75, 3.05) is 26.2 Å². The Kier molecular flexibility index (Phi) is 7.73. The van der Waals surface area contributed by atoms with Gasteiger partial charge in [-0.2, -0.15) is 0 Å². The maximum atomic E-state index is 9.60. The summed E-state index contributed by atoms with van der Waals surface area (Å²) in [6.45, 7) is 7.62. The van der Waals surface area contributed by atoms with Crippen LogP contribution in [-0.2, 0) is 4.74 Å². The lowest BCUT2D eigenvalue weighted by Crippen LogP contribution is -2.46. The Bertz CT molecular complexity index is 138. The average Bonchev–Trinajstić information content (AvgIpc) is 2.06. The van der Waals surface area contributed by atoms with Crippen molar-refractivity contribution in [1.29, 1.82) is 0 Å². The molecule has 0 amide bonds. The third-order valence-corrected chi connectivity index (χ3v) is 1.53. The maximum Gasteiger partial charge on any atom is 0.235 e. The minimum absolute atomic E-state index is 0.356. The summed E-state index contributed by atoms with van der Waals surface area (Å²) >= 11 is 0. The molecule has 1 saturated heterocycles. The van der Waals surface area contributed by atoms with Gasteiger partial charge < -0.3 is 15.4 Å². The molecule has 2 N–H and O–H groups in total. The molecule has 0 aliphatic carbocycles. The largest absolute Gasteiger partial charge is 0.475 e. The van der Waals surface area contributed by atoms with E-state index < -0.39 is 5.87 Å². The van der Waals surface area contributed by atoms with Crippen molar-refractivity contribution in [1.82, 2.24) is 10.6 Å². The van der Waals surface area contributed by atoms with Crippen molar-refractivity contribution in [3.8, 4) is 0 Å². The van der Waals surface area contributed by atoms with Gasteiger partial charge in [0.15, 0.2) is 0 Å². The first-order valence-electron chi connectivity index (χ1n) is 4.53. The second-order valence-electron chi connectivity index (χ2n) is 2.81. The number of ether oxygens (including phenoxy) is 1. The predicted molar refractivity (Wildman–Crippen MR) is 53.1 cm³/mol. The molecule has 0 spiro atoms. The lowest BCUT2D eigenvalue weighted by molar-refractivity contribution is 0.179. The summed E-state index contributed by atoms with van der Waals surface area (Å²) in [6, 6.07) is 0.675. The van der Waals surface area contributed by atoms with Gasteiger partial charge in [-0.3, -0.25) is 4.79 Å². The quantitative estimate of drug-likeness (QED) is 0.558. The topological polar surface area (TPSA) is 50.4 Å². The third kappa shape index (κ3) is 9.37.